The first kappa shape index (κ1) is 15.8. The van der Waals surface area contributed by atoms with Crippen molar-refractivity contribution in [3.8, 4) is 12.3 Å². The third-order valence-corrected chi connectivity index (χ3v) is 3.50. The lowest BCUT2D eigenvalue weighted by Gasteiger charge is -2.20. The summed E-state index contributed by atoms with van der Waals surface area (Å²) in [6.07, 6.45) is 1.43. The van der Waals surface area contributed by atoms with Crippen LogP contribution in [0.15, 0.2) is 18.2 Å². The van der Waals surface area contributed by atoms with E-state index in [1.54, 1.807) is 0 Å². The Balaban J connectivity index is 2.50. The molecule has 1 aliphatic rings. The van der Waals surface area contributed by atoms with Gasteiger partial charge in [0.05, 0.1) is 12.9 Å². The molecule has 1 aliphatic heterocycles. The summed E-state index contributed by atoms with van der Waals surface area (Å²) < 4.78 is 66.1. The molecule has 0 atom stereocenters. The third kappa shape index (κ3) is 3.03. The van der Waals surface area contributed by atoms with E-state index in [2.05, 4.69) is 10.1 Å². The van der Waals surface area contributed by atoms with Crippen molar-refractivity contribution >= 4 is 10.1 Å². The minimum Gasteiger partial charge on any atom is -0.265 e. The molecule has 0 unspecified atom stereocenters. The Morgan fingerprint density at radius 1 is 1.38 bits per heavy atom. The highest BCUT2D eigenvalue weighted by Gasteiger charge is 2.66. The van der Waals surface area contributed by atoms with E-state index in [4.69, 9.17) is 6.42 Å². The Bertz CT molecular complexity index is 703. The second-order valence-corrected chi connectivity index (χ2v) is 6.08. The van der Waals surface area contributed by atoms with Crippen LogP contribution in [0, 0.1) is 12.3 Å². The van der Waals surface area contributed by atoms with Crippen molar-refractivity contribution in [1.82, 2.24) is 10.9 Å². The van der Waals surface area contributed by atoms with E-state index in [9.17, 15) is 21.6 Å². The lowest BCUT2D eigenvalue weighted by molar-refractivity contribution is -0.165. The van der Waals surface area contributed by atoms with E-state index >= 15 is 0 Å². The van der Waals surface area contributed by atoms with Crippen molar-refractivity contribution in [2.45, 2.75) is 18.4 Å². The molecule has 1 aromatic rings. The molecule has 0 bridgehead atoms. The van der Waals surface area contributed by atoms with Crippen molar-refractivity contribution in [2.24, 2.45) is 0 Å². The summed E-state index contributed by atoms with van der Waals surface area (Å²) in [5, 5.41) is 0. The first-order valence-corrected chi connectivity index (χ1v) is 7.47. The second kappa shape index (κ2) is 4.99. The van der Waals surface area contributed by atoms with E-state index in [1.165, 1.54) is 18.2 Å². The predicted octanol–water partition coefficient (Wildman–Crippen LogP) is 0.967. The number of benzene rings is 1. The van der Waals surface area contributed by atoms with Crippen LogP contribution < -0.4 is 10.9 Å². The zero-order valence-corrected chi connectivity index (χ0v) is 11.6. The summed E-state index contributed by atoms with van der Waals surface area (Å²) in [5.74, 6) is 2.23. The van der Waals surface area contributed by atoms with Crippen LogP contribution in [0.25, 0.3) is 0 Å². The summed E-state index contributed by atoms with van der Waals surface area (Å²) in [6.45, 7) is -0.574. The molecular formula is C12H11F3N2O3S. The largest absolute Gasteiger partial charge is 0.426 e. The van der Waals surface area contributed by atoms with Gasteiger partial charge in [0.2, 0.25) is 5.66 Å². The highest BCUT2D eigenvalue weighted by molar-refractivity contribution is 7.85. The van der Waals surface area contributed by atoms with Crippen LogP contribution in [0.2, 0.25) is 0 Å². The fourth-order valence-electron chi connectivity index (χ4n) is 1.89. The van der Waals surface area contributed by atoms with Gasteiger partial charge in [-0.15, -0.1) is 6.42 Å². The number of hydrazine groups is 1. The molecule has 0 radical (unpaired) electrons. The third-order valence-electron chi connectivity index (χ3n) is 2.95. The van der Waals surface area contributed by atoms with Crippen LogP contribution >= 0.6 is 0 Å². The fourth-order valence-corrected chi connectivity index (χ4v) is 2.22. The highest BCUT2D eigenvalue weighted by Crippen LogP contribution is 2.44. The quantitative estimate of drug-likeness (QED) is 0.490. The van der Waals surface area contributed by atoms with Gasteiger partial charge >= 0.3 is 6.18 Å². The van der Waals surface area contributed by atoms with Crippen molar-refractivity contribution in [3.63, 3.8) is 0 Å². The molecule has 0 saturated carbocycles. The van der Waals surface area contributed by atoms with Gasteiger partial charge in [0.25, 0.3) is 10.1 Å². The monoisotopic (exact) mass is 320 g/mol. The fraction of sp³-hybridized carbons (Fsp3) is 0.333. The normalized spacial score (nSPS) is 17.3. The molecule has 1 saturated heterocycles. The molecule has 21 heavy (non-hydrogen) atoms. The average Bonchev–Trinajstić information content (AvgIpc) is 3.15. The zero-order chi connectivity index (χ0) is 15.9. The van der Waals surface area contributed by atoms with Crippen molar-refractivity contribution < 1.29 is 25.8 Å². The second-order valence-electron chi connectivity index (χ2n) is 4.44. The molecule has 0 aliphatic carbocycles. The van der Waals surface area contributed by atoms with Gasteiger partial charge < -0.3 is 0 Å². The maximum absolute atomic E-state index is 13.1. The summed E-state index contributed by atoms with van der Waals surface area (Å²) in [7, 11) is -3.82. The molecule has 1 aromatic carbocycles. The summed E-state index contributed by atoms with van der Waals surface area (Å²) in [5.41, 5.74) is 1.56. The molecule has 0 amide bonds. The van der Waals surface area contributed by atoms with Gasteiger partial charge in [-0.1, -0.05) is 18.1 Å². The topological polar surface area (TPSA) is 87.2 Å². The van der Waals surface area contributed by atoms with E-state index < -0.39 is 28.6 Å². The molecule has 5 nitrogen and oxygen atoms in total. The lowest BCUT2D eigenvalue weighted by Crippen LogP contribution is -2.36. The standard InChI is InChI=1S/C12H11F3N2O3S/c1-3-8-5-4-6-10(9(8)7-20-21(2,18)19)11(16-17-11)12(13,14)15/h1,4-6,16-17H,7H2,2H3. The molecule has 0 spiro atoms. The van der Waals surface area contributed by atoms with Crippen LogP contribution in [0.3, 0.4) is 0 Å². The maximum Gasteiger partial charge on any atom is 0.426 e. The number of nitrogens with one attached hydrogen (secondary N) is 2. The highest BCUT2D eigenvalue weighted by atomic mass is 32.2. The average molecular weight is 320 g/mol. The minimum atomic E-state index is -4.62. The SMILES string of the molecule is C#Cc1cccc(C2(C(F)(F)F)NN2)c1COS(C)(=O)=O. The number of alkyl halides is 3. The number of rotatable bonds is 4. The zero-order valence-electron chi connectivity index (χ0n) is 10.8. The Kier molecular flexibility index (Phi) is 3.75. The maximum atomic E-state index is 13.1. The Morgan fingerprint density at radius 2 is 2.00 bits per heavy atom. The van der Waals surface area contributed by atoms with Crippen molar-refractivity contribution in [1.29, 1.82) is 0 Å². The Morgan fingerprint density at radius 3 is 2.43 bits per heavy atom. The van der Waals surface area contributed by atoms with Gasteiger partial charge in [-0.3, -0.25) is 4.18 Å². The number of halogens is 3. The van der Waals surface area contributed by atoms with E-state index in [-0.39, 0.29) is 16.7 Å². The first-order valence-electron chi connectivity index (χ1n) is 5.65. The minimum absolute atomic E-state index is 0.0137. The smallest absolute Gasteiger partial charge is 0.265 e. The van der Waals surface area contributed by atoms with E-state index in [0.717, 1.165) is 6.26 Å². The molecule has 0 aromatic heterocycles. The molecule has 2 rings (SSSR count). The predicted molar refractivity (Wildman–Crippen MR) is 68.0 cm³/mol. The molecule has 1 heterocycles. The summed E-state index contributed by atoms with van der Waals surface area (Å²) >= 11 is 0. The number of hydrogen-bond acceptors (Lipinski definition) is 5. The van der Waals surface area contributed by atoms with Crippen LogP contribution in [0.5, 0.6) is 0 Å². The van der Waals surface area contributed by atoms with Gasteiger partial charge in [0, 0.05) is 16.7 Å². The lowest BCUT2D eigenvalue weighted by atomic mass is 9.94. The summed E-state index contributed by atoms with van der Waals surface area (Å²) in [6, 6.07) is 3.99. The van der Waals surface area contributed by atoms with E-state index in [1.807, 2.05) is 10.9 Å². The molecule has 114 valence electrons. The van der Waals surface area contributed by atoms with Gasteiger partial charge in [-0.25, -0.2) is 10.9 Å². The number of hydrogen-bond donors (Lipinski definition) is 2. The molecule has 9 heteroatoms. The van der Waals surface area contributed by atoms with E-state index in [0.29, 0.717) is 0 Å². The van der Waals surface area contributed by atoms with Gasteiger partial charge in [-0.2, -0.15) is 21.6 Å². The van der Waals surface area contributed by atoms with Gasteiger partial charge in [-0.05, 0) is 6.07 Å². The molecular weight excluding hydrogens is 309 g/mol. The Labute approximate surface area is 119 Å². The van der Waals surface area contributed by atoms with Gasteiger partial charge in [0.1, 0.15) is 0 Å². The number of terminal acetylenes is 1. The van der Waals surface area contributed by atoms with Crippen molar-refractivity contribution in [2.75, 3.05) is 6.26 Å². The Hall–Kier alpha value is -1.60. The molecule has 1 fully saturated rings. The van der Waals surface area contributed by atoms with Gasteiger partial charge in [0.15, 0.2) is 0 Å². The summed E-state index contributed by atoms with van der Waals surface area (Å²) in [4.78, 5) is 0. The van der Waals surface area contributed by atoms with Crippen LogP contribution in [0.4, 0.5) is 13.2 Å². The van der Waals surface area contributed by atoms with Crippen molar-refractivity contribution in [3.05, 3.63) is 34.9 Å². The van der Waals surface area contributed by atoms with Crippen LogP contribution in [-0.4, -0.2) is 20.8 Å². The molecule has 2 N–H and O–H groups in total. The van der Waals surface area contributed by atoms with Crippen LogP contribution in [0.1, 0.15) is 16.7 Å². The first-order chi connectivity index (χ1) is 9.61. The van der Waals surface area contributed by atoms with Crippen LogP contribution in [-0.2, 0) is 26.6 Å².